The highest BCUT2D eigenvalue weighted by atomic mass is 35.5. The molecule has 3 rings (SSSR count). The fourth-order valence-corrected chi connectivity index (χ4v) is 3.42. The van der Waals surface area contributed by atoms with Crippen molar-refractivity contribution in [1.82, 2.24) is 9.80 Å². The molecule has 26 heavy (non-hydrogen) atoms. The van der Waals surface area contributed by atoms with Crippen molar-refractivity contribution in [2.45, 2.75) is 6.42 Å². The van der Waals surface area contributed by atoms with Gasteiger partial charge in [0, 0.05) is 55.5 Å². The maximum Gasteiger partial charge on any atom is 0.253 e. The second-order valence-corrected chi connectivity index (χ2v) is 6.82. The van der Waals surface area contributed by atoms with Gasteiger partial charge in [-0.1, -0.05) is 23.7 Å². The predicted octanol–water partition coefficient (Wildman–Crippen LogP) is 3.29. The normalized spacial score (nSPS) is 15.3. The van der Waals surface area contributed by atoms with Crippen LogP contribution in [0.5, 0.6) is 0 Å². The third-order valence-electron chi connectivity index (χ3n) is 4.64. The van der Waals surface area contributed by atoms with E-state index in [9.17, 15) is 9.18 Å². The molecule has 1 fully saturated rings. The number of carbonyl (C=O) groups excluding carboxylic acids is 1. The molecule has 1 heterocycles. The molecule has 0 aliphatic carbocycles. The van der Waals surface area contributed by atoms with Gasteiger partial charge in [0.05, 0.1) is 0 Å². The van der Waals surface area contributed by atoms with Crippen molar-refractivity contribution >= 4 is 17.5 Å². The number of aliphatic hydroxyl groups excluding tert-OH is 1. The van der Waals surface area contributed by atoms with Crippen LogP contribution in [-0.2, 0) is 0 Å². The number of rotatable bonds is 5. The lowest BCUT2D eigenvalue weighted by Gasteiger charge is -2.34. The minimum atomic E-state index is -0.361. The number of aliphatic hydroxyl groups is 1. The lowest BCUT2D eigenvalue weighted by atomic mass is 10.0. The molecule has 0 unspecified atom stereocenters. The minimum absolute atomic E-state index is 0.0267. The smallest absolute Gasteiger partial charge is 0.253 e. The monoisotopic (exact) mass is 376 g/mol. The SMILES string of the molecule is O=C(c1cccc(-c2cc(F)ccc2Cl)c1)N1CCN(CCCO)CC1. The van der Waals surface area contributed by atoms with Gasteiger partial charge in [0.2, 0.25) is 0 Å². The average molecular weight is 377 g/mol. The Morgan fingerprint density at radius 3 is 2.62 bits per heavy atom. The van der Waals surface area contributed by atoms with E-state index in [0.29, 0.717) is 29.2 Å². The number of benzene rings is 2. The molecule has 0 aromatic heterocycles. The van der Waals surface area contributed by atoms with Gasteiger partial charge in [-0.2, -0.15) is 0 Å². The van der Waals surface area contributed by atoms with Crippen LogP contribution in [0, 0.1) is 5.82 Å². The summed E-state index contributed by atoms with van der Waals surface area (Å²) in [5.74, 6) is -0.388. The molecular weight excluding hydrogens is 355 g/mol. The van der Waals surface area contributed by atoms with E-state index in [0.717, 1.165) is 31.6 Å². The highest BCUT2D eigenvalue weighted by Gasteiger charge is 2.22. The summed E-state index contributed by atoms with van der Waals surface area (Å²) in [6, 6.07) is 11.4. The summed E-state index contributed by atoms with van der Waals surface area (Å²) in [7, 11) is 0. The second kappa shape index (κ2) is 8.62. The fraction of sp³-hybridized carbons (Fsp3) is 0.350. The summed E-state index contributed by atoms with van der Waals surface area (Å²) in [5, 5.41) is 9.37. The number of hydrogen-bond donors (Lipinski definition) is 1. The first kappa shape index (κ1) is 18.8. The number of carbonyl (C=O) groups is 1. The van der Waals surface area contributed by atoms with Gasteiger partial charge in [0.25, 0.3) is 5.91 Å². The van der Waals surface area contributed by atoms with E-state index in [1.54, 1.807) is 18.2 Å². The number of nitrogens with zero attached hydrogens (tertiary/aromatic N) is 2. The quantitative estimate of drug-likeness (QED) is 0.870. The minimum Gasteiger partial charge on any atom is -0.396 e. The Bertz CT molecular complexity index is 776. The van der Waals surface area contributed by atoms with Gasteiger partial charge in [-0.15, -0.1) is 0 Å². The zero-order valence-corrected chi connectivity index (χ0v) is 15.3. The van der Waals surface area contributed by atoms with Crippen LogP contribution in [0.3, 0.4) is 0 Å². The fourth-order valence-electron chi connectivity index (χ4n) is 3.19. The second-order valence-electron chi connectivity index (χ2n) is 6.42. The Balaban J connectivity index is 1.72. The van der Waals surface area contributed by atoms with Crippen LogP contribution >= 0.6 is 11.6 Å². The van der Waals surface area contributed by atoms with Crippen LogP contribution in [0.2, 0.25) is 5.02 Å². The summed E-state index contributed by atoms with van der Waals surface area (Å²) in [6.45, 7) is 3.98. The first-order chi connectivity index (χ1) is 12.6. The van der Waals surface area contributed by atoms with Gasteiger partial charge in [-0.25, -0.2) is 4.39 Å². The molecule has 1 N–H and O–H groups in total. The van der Waals surface area contributed by atoms with E-state index < -0.39 is 0 Å². The summed E-state index contributed by atoms with van der Waals surface area (Å²) < 4.78 is 13.6. The lowest BCUT2D eigenvalue weighted by Crippen LogP contribution is -2.48. The third-order valence-corrected chi connectivity index (χ3v) is 4.97. The van der Waals surface area contributed by atoms with Gasteiger partial charge in [-0.3, -0.25) is 9.69 Å². The van der Waals surface area contributed by atoms with E-state index >= 15 is 0 Å². The van der Waals surface area contributed by atoms with E-state index in [1.165, 1.54) is 18.2 Å². The molecule has 1 saturated heterocycles. The summed E-state index contributed by atoms with van der Waals surface area (Å²) >= 11 is 6.18. The molecule has 1 aliphatic rings. The first-order valence-electron chi connectivity index (χ1n) is 8.76. The van der Waals surface area contributed by atoms with Crippen LogP contribution in [-0.4, -0.2) is 60.1 Å². The van der Waals surface area contributed by atoms with Gasteiger partial charge >= 0.3 is 0 Å². The van der Waals surface area contributed by atoms with Crippen LogP contribution in [0.4, 0.5) is 4.39 Å². The number of hydrogen-bond acceptors (Lipinski definition) is 3. The zero-order chi connectivity index (χ0) is 18.5. The van der Waals surface area contributed by atoms with Crippen LogP contribution in [0.15, 0.2) is 42.5 Å². The molecule has 0 saturated carbocycles. The van der Waals surface area contributed by atoms with Gasteiger partial charge in [0.1, 0.15) is 5.82 Å². The molecule has 0 spiro atoms. The maximum atomic E-state index is 13.6. The Morgan fingerprint density at radius 1 is 1.12 bits per heavy atom. The summed E-state index contributed by atoms with van der Waals surface area (Å²) in [4.78, 5) is 16.9. The molecule has 4 nitrogen and oxygen atoms in total. The highest BCUT2D eigenvalue weighted by Crippen LogP contribution is 2.29. The van der Waals surface area contributed by atoms with Crippen molar-refractivity contribution in [2.24, 2.45) is 0 Å². The van der Waals surface area contributed by atoms with Crippen LogP contribution in [0.25, 0.3) is 11.1 Å². The molecule has 2 aromatic carbocycles. The average Bonchev–Trinajstić information content (AvgIpc) is 2.68. The van der Waals surface area contributed by atoms with Crippen molar-refractivity contribution in [3.8, 4) is 11.1 Å². The van der Waals surface area contributed by atoms with Crippen molar-refractivity contribution in [1.29, 1.82) is 0 Å². The zero-order valence-electron chi connectivity index (χ0n) is 14.5. The number of halogens is 2. The molecule has 0 atom stereocenters. The van der Waals surface area contributed by atoms with Gasteiger partial charge in [-0.05, 0) is 42.3 Å². The molecule has 0 radical (unpaired) electrons. The Labute approximate surface area is 157 Å². The van der Waals surface area contributed by atoms with Crippen molar-refractivity contribution < 1.29 is 14.3 Å². The Hall–Kier alpha value is -1.95. The van der Waals surface area contributed by atoms with E-state index in [-0.39, 0.29) is 18.3 Å². The number of amides is 1. The third kappa shape index (κ3) is 4.41. The standard InChI is InChI=1S/C20H22ClFN2O2/c21-19-6-5-17(22)14-18(19)15-3-1-4-16(13-15)20(26)24-10-8-23(9-11-24)7-2-12-25/h1,3-6,13-14,25H,2,7-12H2. The first-order valence-corrected chi connectivity index (χ1v) is 9.14. The van der Waals surface area contributed by atoms with Crippen molar-refractivity contribution in [3.63, 3.8) is 0 Å². The van der Waals surface area contributed by atoms with E-state index in [2.05, 4.69) is 4.90 Å². The topological polar surface area (TPSA) is 43.8 Å². The largest absolute Gasteiger partial charge is 0.396 e. The van der Waals surface area contributed by atoms with Crippen molar-refractivity contribution in [3.05, 3.63) is 58.9 Å². The molecular formula is C20H22ClFN2O2. The molecule has 6 heteroatoms. The Morgan fingerprint density at radius 2 is 1.88 bits per heavy atom. The summed E-state index contributed by atoms with van der Waals surface area (Å²) in [6.07, 6.45) is 0.754. The molecule has 1 amide bonds. The molecule has 2 aromatic rings. The van der Waals surface area contributed by atoms with Gasteiger partial charge in [0.15, 0.2) is 0 Å². The number of piperazine rings is 1. The predicted molar refractivity (Wildman–Crippen MR) is 101 cm³/mol. The lowest BCUT2D eigenvalue weighted by molar-refractivity contribution is 0.0629. The molecule has 1 aliphatic heterocycles. The highest BCUT2D eigenvalue weighted by molar-refractivity contribution is 6.33. The van der Waals surface area contributed by atoms with E-state index in [1.807, 2.05) is 11.0 Å². The van der Waals surface area contributed by atoms with E-state index in [4.69, 9.17) is 16.7 Å². The summed E-state index contributed by atoms with van der Waals surface area (Å²) in [5.41, 5.74) is 1.88. The molecule has 138 valence electrons. The van der Waals surface area contributed by atoms with Crippen LogP contribution < -0.4 is 0 Å². The van der Waals surface area contributed by atoms with Crippen molar-refractivity contribution in [2.75, 3.05) is 39.3 Å². The van der Waals surface area contributed by atoms with Gasteiger partial charge < -0.3 is 10.0 Å². The molecule has 0 bridgehead atoms. The van der Waals surface area contributed by atoms with Crippen LogP contribution in [0.1, 0.15) is 16.8 Å². The Kier molecular flexibility index (Phi) is 6.25. The maximum absolute atomic E-state index is 13.6.